The highest BCUT2D eigenvalue weighted by Crippen LogP contribution is 2.23. The number of hydrogen-bond donors (Lipinski definition) is 0. The molecule has 1 saturated heterocycles. The lowest BCUT2D eigenvalue weighted by molar-refractivity contribution is 0.0767. The van der Waals surface area contributed by atoms with Crippen LogP contribution >= 0.6 is 11.3 Å². The Balaban J connectivity index is 1.43. The number of amides is 1. The molecular weight excluding hydrogens is 354 g/mol. The number of aromatic nitrogens is 1. The zero-order valence-corrected chi connectivity index (χ0v) is 16.3. The van der Waals surface area contributed by atoms with E-state index in [2.05, 4.69) is 27.4 Å². The van der Waals surface area contributed by atoms with Crippen LogP contribution in [0.4, 0.5) is 5.13 Å². The Labute approximate surface area is 164 Å². The summed E-state index contributed by atoms with van der Waals surface area (Å²) in [6, 6.07) is 18.2. The van der Waals surface area contributed by atoms with Gasteiger partial charge in [-0.1, -0.05) is 42.5 Å². The summed E-state index contributed by atoms with van der Waals surface area (Å²) in [4.78, 5) is 21.8. The first-order valence-corrected chi connectivity index (χ1v) is 10.2. The third kappa shape index (κ3) is 4.03. The van der Waals surface area contributed by atoms with Gasteiger partial charge in [0.2, 0.25) is 0 Å². The van der Waals surface area contributed by atoms with E-state index in [0.29, 0.717) is 0 Å². The Bertz CT molecular complexity index is 905. The van der Waals surface area contributed by atoms with E-state index in [1.807, 2.05) is 54.3 Å². The van der Waals surface area contributed by atoms with Gasteiger partial charge in [-0.25, -0.2) is 4.98 Å². The molecule has 1 fully saturated rings. The first-order chi connectivity index (χ1) is 13.2. The van der Waals surface area contributed by atoms with Gasteiger partial charge < -0.3 is 9.80 Å². The Morgan fingerprint density at radius 1 is 0.926 bits per heavy atom. The molecule has 1 amide bonds. The molecule has 1 aliphatic heterocycles. The molecular formula is C22H23N3OS. The maximum Gasteiger partial charge on any atom is 0.253 e. The van der Waals surface area contributed by atoms with E-state index < -0.39 is 0 Å². The van der Waals surface area contributed by atoms with Gasteiger partial charge in [0.05, 0.1) is 5.69 Å². The fourth-order valence-electron chi connectivity index (χ4n) is 3.42. The van der Waals surface area contributed by atoms with Crippen LogP contribution in [0.25, 0.3) is 11.1 Å². The van der Waals surface area contributed by atoms with Crippen molar-refractivity contribution in [3.8, 4) is 11.1 Å². The van der Waals surface area contributed by atoms with E-state index in [1.54, 1.807) is 11.3 Å². The third-order valence-corrected chi connectivity index (χ3v) is 5.92. The molecule has 4 nitrogen and oxygen atoms in total. The van der Waals surface area contributed by atoms with Crippen molar-refractivity contribution in [3.63, 3.8) is 0 Å². The summed E-state index contributed by atoms with van der Waals surface area (Å²) in [5, 5.41) is 3.14. The molecule has 0 atom stereocenters. The summed E-state index contributed by atoms with van der Waals surface area (Å²) in [6.07, 6.45) is 0.965. The van der Waals surface area contributed by atoms with E-state index in [1.165, 1.54) is 5.56 Å². The van der Waals surface area contributed by atoms with Crippen molar-refractivity contribution in [2.75, 3.05) is 31.1 Å². The highest BCUT2D eigenvalue weighted by Gasteiger charge is 2.21. The van der Waals surface area contributed by atoms with Gasteiger partial charge in [-0.2, -0.15) is 0 Å². The molecule has 0 radical (unpaired) electrons. The summed E-state index contributed by atoms with van der Waals surface area (Å²) in [6.45, 7) is 5.33. The van der Waals surface area contributed by atoms with Gasteiger partial charge in [0.1, 0.15) is 0 Å². The standard InChI is InChI=1S/C22H23N3OS/c1-17-16-27-22(23-17)25-13-5-12-24(14-15-25)21(26)20-10-8-19(9-11-20)18-6-3-2-4-7-18/h2-4,6-11,16H,5,12-15H2,1H3. The second-order valence-electron chi connectivity index (χ2n) is 6.85. The average Bonchev–Trinajstić information content (AvgIpc) is 3.00. The fourth-order valence-corrected chi connectivity index (χ4v) is 4.27. The number of rotatable bonds is 3. The molecule has 1 aliphatic rings. The minimum absolute atomic E-state index is 0.117. The molecule has 0 spiro atoms. The quantitative estimate of drug-likeness (QED) is 0.676. The summed E-state index contributed by atoms with van der Waals surface area (Å²) < 4.78 is 0. The Morgan fingerprint density at radius 2 is 1.67 bits per heavy atom. The number of benzene rings is 2. The molecule has 3 aromatic rings. The number of hydrogen-bond acceptors (Lipinski definition) is 4. The highest BCUT2D eigenvalue weighted by molar-refractivity contribution is 7.13. The van der Waals surface area contributed by atoms with Crippen LogP contribution in [0.5, 0.6) is 0 Å². The Hall–Kier alpha value is -2.66. The first kappa shape index (κ1) is 17.7. The molecule has 0 N–H and O–H groups in total. The molecule has 0 bridgehead atoms. The molecule has 2 aromatic carbocycles. The van der Waals surface area contributed by atoms with Gasteiger partial charge in [0.25, 0.3) is 5.91 Å². The number of nitrogens with zero attached hydrogens (tertiary/aromatic N) is 3. The number of carbonyl (C=O) groups excluding carboxylic acids is 1. The van der Waals surface area contributed by atoms with Crippen molar-refractivity contribution in [3.05, 3.63) is 71.2 Å². The zero-order valence-electron chi connectivity index (χ0n) is 15.5. The fraction of sp³-hybridized carbons (Fsp3) is 0.273. The number of carbonyl (C=O) groups is 1. The minimum atomic E-state index is 0.117. The average molecular weight is 378 g/mol. The van der Waals surface area contributed by atoms with Crippen molar-refractivity contribution < 1.29 is 4.79 Å². The van der Waals surface area contributed by atoms with Gasteiger partial charge in [0.15, 0.2) is 5.13 Å². The lowest BCUT2D eigenvalue weighted by Gasteiger charge is -2.22. The van der Waals surface area contributed by atoms with E-state index >= 15 is 0 Å². The van der Waals surface area contributed by atoms with Gasteiger partial charge >= 0.3 is 0 Å². The SMILES string of the molecule is Cc1csc(N2CCCN(C(=O)c3ccc(-c4ccccc4)cc3)CC2)n1. The van der Waals surface area contributed by atoms with Crippen LogP contribution in [0, 0.1) is 6.92 Å². The van der Waals surface area contributed by atoms with Crippen LogP contribution in [0.15, 0.2) is 60.0 Å². The highest BCUT2D eigenvalue weighted by atomic mass is 32.1. The molecule has 2 heterocycles. The van der Waals surface area contributed by atoms with Crippen LogP contribution in [0.3, 0.4) is 0 Å². The van der Waals surface area contributed by atoms with Crippen LogP contribution in [-0.4, -0.2) is 42.0 Å². The second-order valence-corrected chi connectivity index (χ2v) is 7.68. The Morgan fingerprint density at radius 3 is 2.37 bits per heavy atom. The maximum absolute atomic E-state index is 12.9. The monoisotopic (exact) mass is 377 g/mol. The van der Waals surface area contributed by atoms with Crippen molar-refractivity contribution in [2.45, 2.75) is 13.3 Å². The predicted octanol–water partition coefficient (Wildman–Crippen LogP) is 4.47. The lowest BCUT2D eigenvalue weighted by atomic mass is 10.0. The second kappa shape index (κ2) is 7.92. The minimum Gasteiger partial charge on any atom is -0.346 e. The topological polar surface area (TPSA) is 36.4 Å². The smallest absolute Gasteiger partial charge is 0.253 e. The van der Waals surface area contributed by atoms with Crippen molar-refractivity contribution >= 4 is 22.4 Å². The number of aryl methyl sites for hydroxylation is 1. The van der Waals surface area contributed by atoms with Crippen LogP contribution in [0.2, 0.25) is 0 Å². The molecule has 5 heteroatoms. The van der Waals surface area contributed by atoms with Gasteiger partial charge in [-0.3, -0.25) is 4.79 Å². The molecule has 0 aliphatic carbocycles. The largest absolute Gasteiger partial charge is 0.346 e. The number of thiazole rings is 1. The summed E-state index contributed by atoms with van der Waals surface area (Å²) >= 11 is 1.68. The van der Waals surface area contributed by atoms with E-state index in [0.717, 1.165) is 54.6 Å². The van der Waals surface area contributed by atoms with Crippen molar-refractivity contribution in [2.24, 2.45) is 0 Å². The zero-order chi connectivity index (χ0) is 18.6. The van der Waals surface area contributed by atoms with E-state index in [4.69, 9.17) is 0 Å². The summed E-state index contributed by atoms with van der Waals surface area (Å²) in [5.41, 5.74) is 4.12. The van der Waals surface area contributed by atoms with E-state index in [9.17, 15) is 4.79 Å². The normalized spacial score (nSPS) is 14.9. The van der Waals surface area contributed by atoms with Gasteiger partial charge in [-0.05, 0) is 36.6 Å². The molecule has 0 unspecified atom stereocenters. The van der Waals surface area contributed by atoms with Crippen LogP contribution in [0.1, 0.15) is 22.5 Å². The lowest BCUT2D eigenvalue weighted by Crippen LogP contribution is -2.35. The molecule has 138 valence electrons. The predicted molar refractivity (Wildman–Crippen MR) is 111 cm³/mol. The van der Waals surface area contributed by atoms with Crippen molar-refractivity contribution in [1.29, 1.82) is 0 Å². The molecule has 0 saturated carbocycles. The molecule has 1 aromatic heterocycles. The third-order valence-electron chi connectivity index (χ3n) is 4.90. The van der Waals surface area contributed by atoms with E-state index in [-0.39, 0.29) is 5.91 Å². The molecule has 4 rings (SSSR count). The van der Waals surface area contributed by atoms with Gasteiger partial charge in [0, 0.05) is 37.1 Å². The summed E-state index contributed by atoms with van der Waals surface area (Å²) in [7, 11) is 0. The number of anilines is 1. The Kier molecular flexibility index (Phi) is 5.21. The van der Waals surface area contributed by atoms with Crippen LogP contribution in [-0.2, 0) is 0 Å². The van der Waals surface area contributed by atoms with Gasteiger partial charge in [-0.15, -0.1) is 11.3 Å². The van der Waals surface area contributed by atoms with Crippen molar-refractivity contribution in [1.82, 2.24) is 9.88 Å². The van der Waals surface area contributed by atoms with Crippen LogP contribution < -0.4 is 4.90 Å². The maximum atomic E-state index is 12.9. The summed E-state index contributed by atoms with van der Waals surface area (Å²) in [5.74, 6) is 0.117. The molecule has 27 heavy (non-hydrogen) atoms. The first-order valence-electron chi connectivity index (χ1n) is 9.32.